The van der Waals surface area contributed by atoms with Gasteiger partial charge in [0.05, 0.1) is 21.3 Å². The van der Waals surface area contributed by atoms with E-state index in [4.69, 9.17) is 14.2 Å². The van der Waals surface area contributed by atoms with Gasteiger partial charge < -0.3 is 29.7 Å². The third-order valence-corrected chi connectivity index (χ3v) is 5.59. The van der Waals surface area contributed by atoms with Gasteiger partial charge in [0.15, 0.2) is 17.5 Å². The number of hydrogen-bond acceptors (Lipinski definition) is 5. The fourth-order valence-corrected chi connectivity index (χ4v) is 4.17. The molecule has 2 aliphatic heterocycles. The average Bonchev–Trinajstić information content (AvgIpc) is 3.07. The lowest BCUT2D eigenvalue weighted by molar-refractivity contribution is -0.119. The van der Waals surface area contributed by atoms with Gasteiger partial charge in [-0.2, -0.15) is 0 Å². The van der Waals surface area contributed by atoms with Gasteiger partial charge in [-0.25, -0.2) is 0 Å². The molecule has 9 heteroatoms. The summed E-state index contributed by atoms with van der Waals surface area (Å²) in [6.45, 7) is 3.05. The van der Waals surface area contributed by atoms with Crippen LogP contribution in [0.2, 0.25) is 0 Å². The van der Waals surface area contributed by atoms with Gasteiger partial charge in [0.1, 0.15) is 5.75 Å². The zero-order chi connectivity index (χ0) is 20.1. The van der Waals surface area contributed by atoms with Gasteiger partial charge in [-0.15, -0.1) is 24.0 Å². The first-order valence-corrected chi connectivity index (χ1v) is 9.55. The van der Waals surface area contributed by atoms with Crippen LogP contribution in [-0.4, -0.2) is 64.8 Å². The van der Waals surface area contributed by atoms with E-state index >= 15 is 0 Å². The summed E-state index contributed by atoms with van der Waals surface area (Å²) in [7, 11) is 6.64. The average molecular weight is 518 g/mol. The second kappa shape index (κ2) is 10.2. The van der Waals surface area contributed by atoms with Crippen LogP contribution in [0.1, 0.15) is 24.8 Å². The number of likely N-dealkylation sites (tertiary alicyclic amines) is 1. The highest BCUT2D eigenvalue weighted by molar-refractivity contribution is 14.0. The largest absolute Gasteiger partial charge is 0.496 e. The summed E-state index contributed by atoms with van der Waals surface area (Å²) < 4.78 is 16.3. The van der Waals surface area contributed by atoms with Crippen LogP contribution in [0.5, 0.6) is 17.2 Å². The third kappa shape index (κ3) is 5.18. The Morgan fingerprint density at radius 3 is 2.48 bits per heavy atom. The van der Waals surface area contributed by atoms with Gasteiger partial charge in [-0.1, -0.05) is 0 Å². The van der Waals surface area contributed by atoms with Crippen molar-refractivity contribution in [1.82, 2.24) is 15.5 Å². The van der Waals surface area contributed by atoms with E-state index in [1.165, 1.54) is 0 Å². The van der Waals surface area contributed by atoms with Crippen molar-refractivity contribution in [3.8, 4) is 17.2 Å². The molecular weight excluding hydrogens is 487 g/mol. The number of carbonyl (C=O) groups excluding carboxylic acids is 1. The fraction of sp³-hybridized carbons (Fsp3) is 0.600. The highest BCUT2D eigenvalue weighted by Gasteiger charge is 2.42. The molecule has 2 heterocycles. The van der Waals surface area contributed by atoms with Crippen molar-refractivity contribution in [2.75, 3.05) is 48.0 Å². The molecule has 2 fully saturated rings. The first-order chi connectivity index (χ1) is 13.5. The molecule has 3 rings (SSSR count). The highest BCUT2D eigenvalue weighted by Crippen LogP contribution is 2.36. The number of rotatable bonds is 5. The van der Waals surface area contributed by atoms with Crippen molar-refractivity contribution >= 4 is 35.8 Å². The molecule has 1 atom stereocenters. The van der Waals surface area contributed by atoms with Crippen LogP contribution >= 0.6 is 24.0 Å². The number of carbonyl (C=O) groups is 1. The van der Waals surface area contributed by atoms with E-state index in [9.17, 15) is 4.79 Å². The Hall–Kier alpha value is -1.91. The summed E-state index contributed by atoms with van der Waals surface area (Å²) in [5, 5.41) is 6.42. The van der Waals surface area contributed by atoms with Crippen molar-refractivity contribution < 1.29 is 19.0 Å². The van der Waals surface area contributed by atoms with Crippen molar-refractivity contribution in [2.45, 2.75) is 25.8 Å². The molecule has 1 aromatic rings. The second-order valence-electron chi connectivity index (χ2n) is 7.40. The number of methoxy groups -OCH3 is 3. The van der Waals surface area contributed by atoms with E-state index < -0.39 is 0 Å². The minimum absolute atomic E-state index is 0. The van der Waals surface area contributed by atoms with Crippen molar-refractivity contribution in [2.24, 2.45) is 10.4 Å². The number of aliphatic imine (C=N–C) groups is 1. The van der Waals surface area contributed by atoms with Gasteiger partial charge >= 0.3 is 0 Å². The van der Waals surface area contributed by atoms with Gasteiger partial charge in [0, 0.05) is 56.7 Å². The van der Waals surface area contributed by atoms with Crippen LogP contribution in [0, 0.1) is 5.41 Å². The number of ether oxygens (including phenoxy) is 3. The molecule has 0 bridgehead atoms. The Morgan fingerprint density at radius 2 is 1.90 bits per heavy atom. The first kappa shape index (κ1) is 23.4. The molecule has 0 aromatic heterocycles. The predicted octanol–water partition coefficient (Wildman–Crippen LogP) is 2.01. The fourth-order valence-electron chi connectivity index (χ4n) is 4.17. The summed E-state index contributed by atoms with van der Waals surface area (Å²) in [6.07, 6.45) is 2.72. The number of nitrogens with one attached hydrogen (secondary N) is 2. The number of nitrogens with zero attached hydrogens (tertiary/aromatic N) is 2. The Kier molecular flexibility index (Phi) is 8.23. The van der Waals surface area contributed by atoms with Crippen LogP contribution in [-0.2, 0) is 11.3 Å². The van der Waals surface area contributed by atoms with Gasteiger partial charge in [-0.05, 0) is 18.9 Å². The predicted molar refractivity (Wildman–Crippen MR) is 123 cm³/mol. The molecule has 1 spiro atoms. The maximum atomic E-state index is 11.7. The van der Waals surface area contributed by atoms with E-state index in [2.05, 4.69) is 20.5 Å². The monoisotopic (exact) mass is 518 g/mol. The Morgan fingerprint density at radius 1 is 1.21 bits per heavy atom. The van der Waals surface area contributed by atoms with Crippen LogP contribution in [0.3, 0.4) is 0 Å². The lowest BCUT2D eigenvalue weighted by atomic mass is 9.79. The first-order valence-electron chi connectivity index (χ1n) is 9.55. The van der Waals surface area contributed by atoms with E-state index in [0.29, 0.717) is 24.5 Å². The summed E-state index contributed by atoms with van der Waals surface area (Å²) >= 11 is 0. The van der Waals surface area contributed by atoms with E-state index in [1.54, 1.807) is 28.4 Å². The molecule has 2 aliphatic rings. The SMILES string of the molecule is CN=C(NCc1cc(OC)c(OC)cc1OC)N1CCCC2(CNC(=O)C2)C1.I. The van der Waals surface area contributed by atoms with Gasteiger partial charge in [-0.3, -0.25) is 9.79 Å². The minimum atomic E-state index is 0. The molecule has 162 valence electrons. The normalized spacial score (nSPS) is 21.4. The molecule has 1 amide bonds. The Labute approximate surface area is 189 Å². The summed E-state index contributed by atoms with van der Waals surface area (Å²) in [5.74, 6) is 2.99. The number of guanidine groups is 1. The molecule has 0 aliphatic carbocycles. The van der Waals surface area contributed by atoms with Crippen LogP contribution in [0.15, 0.2) is 17.1 Å². The molecule has 29 heavy (non-hydrogen) atoms. The molecule has 1 aromatic carbocycles. The van der Waals surface area contributed by atoms with Crippen LogP contribution in [0.4, 0.5) is 0 Å². The van der Waals surface area contributed by atoms with E-state index in [0.717, 1.165) is 49.7 Å². The summed E-state index contributed by atoms with van der Waals surface area (Å²) in [6, 6.07) is 3.74. The molecule has 0 saturated carbocycles. The maximum Gasteiger partial charge on any atom is 0.220 e. The molecular formula is C20H31IN4O4. The third-order valence-electron chi connectivity index (χ3n) is 5.59. The van der Waals surface area contributed by atoms with Crippen LogP contribution in [0.25, 0.3) is 0 Å². The summed E-state index contributed by atoms with van der Waals surface area (Å²) in [5.41, 5.74) is 0.972. The topological polar surface area (TPSA) is 84.4 Å². The maximum absolute atomic E-state index is 11.7. The van der Waals surface area contributed by atoms with E-state index in [-0.39, 0.29) is 35.3 Å². The Bertz CT molecular complexity index is 758. The standard InChI is InChI=1S/C20H30N4O4.HI/c1-21-19(24-7-5-6-20(13-24)10-18(25)23-12-20)22-11-14-8-16(27-3)17(28-4)9-15(14)26-2;/h8-9H,5-7,10-13H2,1-4H3,(H,21,22)(H,23,25);1H. The van der Waals surface area contributed by atoms with Crippen molar-refractivity contribution in [3.05, 3.63) is 17.7 Å². The smallest absolute Gasteiger partial charge is 0.220 e. The molecule has 0 radical (unpaired) electrons. The molecule has 8 nitrogen and oxygen atoms in total. The van der Waals surface area contributed by atoms with Gasteiger partial charge in [0.2, 0.25) is 5.91 Å². The van der Waals surface area contributed by atoms with Crippen molar-refractivity contribution in [3.63, 3.8) is 0 Å². The number of amides is 1. The molecule has 2 saturated heterocycles. The quantitative estimate of drug-likeness (QED) is 0.353. The highest BCUT2D eigenvalue weighted by atomic mass is 127. The lowest BCUT2D eigenvalue weighted by Crippen LogP contribution is -2.51. The van der Waals surface area contributed by atoms with Crippen LogP contribution < -0.4 is 24.8 Å². The number of halogens is 1. The number of benzene rings is 1. The van der Waals surface area contributed by atoms with Crippen molar-refractivity contribution in [1.29, 1.82) is 0 Å². The Balaban J connectivity index is 0.00000300. The zero-order valence-corrected chi connectivity index (χ0v) is 19.9. The molecule has 1 unspecified atom stereocenters. The van der Waals surface area contributed by atoms with Gasteiger partial charge in [0.25, 0.3) is 0 Å². The lowest BCUT2D eigenvalue weighted by Gasteiger charge is -2.40. The summed E-state index contributed by atoms with van der Waals surface area (Å²) in [4.78, 5) is 18.5. The second-order valence-corrected chi connectivity index (χ2v) is 7.40. The minimum Gasteiger partial charge on any atom is -0.496 e. The number of hydrogen-bond donors (Lipinski definition) is 2. The molecule has 2 N–H and O–H groups in total. The van der Waals surface area contributed by atoms with E-state index in [1.807, 2.05) is 12.1 Å². The number of piperidine rings is 1. The zero-order valence-electron chi connectivity index (χ0n) is 17.5.